The molecule has 0 N–H and O–H groups in total. The van der Waals surface area contributed by atoms with E-state index in [1.165, 1.54) is 11.1 Å². The van der Waals surface area contributed by atoms with E-state index in [0.717, 1.165) is 24.8 Å². The first kappa shape index (κ1) is 21.1. The fourth-order valence-electron chi connectivity index (χ4n) is 4.70. The second-order valence-electron chi connectivity index (χ2n) is 8.73. The summed E-state index contributed by atoms with van der Waals surface area (Å²) in [4.78, 5) is 29.7. The van der Waals surface area contributed by atoms with Crippen LogP contribution in [0.2, 0.25) is 0 Å². The Kier molecular flexibility index (Phi) is 6.25. The first-order valence-electron chi connectivity index (χ1n) is 10.7. The van der Waals surface area contributed by atoms with Gasteiger partial charge in [0.2, 0.25) is 5.91 Å². The summed E-state index contributed by atoms with van der Waals surface area (Å²) in [5.41, 5.74) is 2.96. The van der Waals surface area contributed by atoms with Crippen molar-refractivity contribution in [3.05, 3.63) is 46.7 Å². The maximum atomic E-state index is 13.2. The van der Waals surface area contributed by atoms with E-state index >= 15 is 0 Å². The Bertz CT molecular complexity index is 872. The van der Waals surface area contributed by atoms with Gasteiger partial charge >= 0.3 is 0 Å². The number of carbonyl (C=O) groups excluding carboxylic acids is 2. The van der Waals surface area contributed by atoms with Crippen molar-refractivity contribution in [1.82, 2.24) is 9.80 Å². The molecule has 0 unspecified atom stereocenters. The lowest BCUT2D eigenvalue weighted by Gasteiger charge is -2.32. The number of benzene rings is 1. The Balaban J connectivity index is 1.52. The molecule has 0 spiro atoms. The monoisotopic (exact) mass is 426 g/mol. The van der Waals surface area contributed by atoms with E-state index in [2.05, 4.69) is 41.1 Å². The van der Waals surface area contributed by atoms with Gasteiger partial charge in [-0.3, -0.25) is 9.59 Å². The zero-order chi connectivity index (χ0) is 21.1. The number of carbonyl (C=O) groups is 2. The quantitative estimate of drug-likeness (QED) is 0.730. The maximum Gasteiger partial charge on any atom is 0.251 e. The van der Waals surface area contributed by atoms with Crippen molar-refractivity contribution in [2.45, 2.75) is 38.2 Å². The Morgan fingerprint density at radius 1 is 1.17 bits per heavy atom. The molecule has 2 aliphatic heterocycles. The third-order valence-electron chi connectivity index (χ3n) is 6.33. The number of hydrogen-bond donors (Lipinski definition) is 0. The van der Waals surface area contributed by atoms with Gasteiger partial charge in [-0.15, -0.1) is 0 Å². The zero-order valence-corrected chi connectivity index (χ0v) is 18.6. The minimum absolute atomic E-state index is 0.0518. The van der Waals surface area contributed by atoms with Crippen LogP contribution >= 0.6 is 11.3 Å². The number of amides is 2. The van der Waals surface area contributed by atoms with E-state index < -0.39 is 5.41 Å². The molecular formula is C24H30N2O3S. The second-order valence-corrected chi connectivity index (χ2v) is 9.51. The van der Waals surface area contributed by atoms with Crippen molar-refractivity contribution in [3.63, 3.8) is 0 Å². The van der Waals surface area contributed by atoms with Crippen molar-refractivity contribution in [2.24, 2.45) is 5.41 Å². The van der Waals surface area contributed by atoms with Crippen molar-refractivity contribution in [3.8, 4) is 11.1 Å². The fourth-order valence-corrected chi connectivity index (χ4v) is 5.37. The highest BCUT2D eigenvalue weighted by atomic mass is 32.1. The molecular weight excluding hydrogens is 396 g/mol. The van der Waals surface area contributed by atoms with Crippen LogP contribution in [-0.4, -0.2) is 61.5 Å². The molecule has 2 atom stereocenters. The van der Waals surface area contributed by atoms with Crippen molar-refractivity contribution < 1.29 is 14.3 Å². The van der Waals surface area contributed by atoms with Crippen LogP contribution < -0.4 is 0 Å². The summed E-state index contributed by atoms with van der Waals surface area (Å²) in [5.74, 6) is 0.153. The Hall–Kier alpha value is -2.18. The van der Waals surface area contributed by atoms with Gasteiger partial charge in [0.05, 0.1) is 5.41 Å². The summed E-state index contributed by atoms with van der Waals surface area (Å²) >= 11 is 1.69. The van der Waals surface area contributed by atoms with Crippen molar-refractivity contribution in [1.29, 1.82) is 0 Å². The highest BCUT2D eigenvalue weighted by Gasteiger charge is 2.47. The molecule has 2 saturated heterocycles. The molecule has 30 heavy (non-hydrogen) atoms. The SMILES string of the molecule is CN(C)C(=O)[C@@]1(Cc2ccc(-c3ccsc3)cc2)CCN(C(=O)[C@@H]2CCCCO2)C1. The molecule has 0 bridgehead atoms. The number of likely N-dealkylation sites (tertiary alicyclic amines) is 1. The highest BCUT2D eigenvalue weighted by Crippen LogP contribution is 2.37. The van der Waals surface area contributed by atoms with Gasteiger partial charge in [-0.2, -0.15) is 11.3 Å². The Labute approximate surface area is 182 Å². The molecule has 1 aromatic heterocycles. The van der Waals surface area contributed by atoms with E-state index in [1.807, 2.05) is 4.90 Å². The van der Waals surface area contributed by atoms with Gasteiger partial charge in [0.25, 0.3) is 5.91 Å². The molecule has 3 heterocycles. The van der Waals surface area contributed by atoms with Crippen LogP contribution in [-0.2, 0) is 20.7 Å². The Morgan fingerprint density at radius 2 is 1.97 bits per heavy atom. The Morgan fingerprint density at radius 3 is 2.60 bits per heavy atom. The van der Waals surface area contributed by atoms with E-state index in [-0.39, 0.29) is 17.9 Å². The summed E-state index contributed by atoms with van der Waals surface area (Å²) in [7, 11) is 3.61. The average Bonchev–Trinajstić information content (AvgIpc) is 3.45. The molecule has 0 aliphatic carbocycles. The smallest absolute Gasteiger partial charge is 0.251 e. The second kappa shape index (κ2) is 8.90. The lowest BCUT2D eigenvalue weighted by atomic mass is 9.79. The van der Waals surface area contributed by atoms with Crippen LogP contribution in [0.5, 0.6) is 0 Å². The van der Waals surface area contributed by atoms with E-state index in [4.69, 9.17) is 4.74 Å². The van der Waals surface area contributed by atoms with E-state index in [1.54, 1.807) is 30.3 Å². The van der Waals surface area contributed by atoms with Gasteiger partial charge in [0, 0.05) is 33.8 Å². The van der Waals surface area contributed by atoms with Crippen LogP contribution in [0.25, 0.3) is 11.1 Å². The number of rotatable bonds is 5. The van der Waals surface area contributed by atoms with Crippen LogP contribution in [0.3, 0.4) is 0 Å². The number of ether oxygens (including phenoxy) is 1. The number of thiophene rings is 1. The molecule has 160 valence electrons. The first-order valence-corrected chi connectivity index (χ1v) is 11.7. The lowest BCUT2D eigenvalue weighted by molar-refractivity contribution is -0.147. The summed E-state index contributed by atoms with van der Waals surface area (Å²) < 4.78 is 5.71. The minimum atomic E-state index is -0.572. The average molecular weight is 427 g/mol. The molecule has 2 aliphatic rings. The topological polar surface area (TPSA) is 49.9 Å². The lowest BCUT2D eigenvalue weighted by Crippen LogP contribution is -2.46. The predicted molar refractivity (Wildman–Crippen MR) is 119 cm³/mol. The van der Waals surface area contributed by atoms with Crippen LogP contribution in [0.4, 0.5) is 0 Å². The molecule has 1 aromatic carbocycles. The normalized spacial score (nSPS) is 24.1. The molecule has 0 saturated carbocycles. The van der Waals surface area contributed by atoms with Crippen molar-refractivity contribution >= 4 is 23.2 Å². The summed E-state index contributed by atoms with van der Waals surface area (Å²) in [5, 5.41) is 4.22. The molecule has 2 fully saturated rings. The maximum absolute atomic E-state index is 13.2. The van der Waals surface area contributed by atoms with Gasteiger partial charge in [-0.05, 0) is 65.6 Å². The van der Waals surface area contributed by atoms with Gasteiger partial charge in [-0.25, -0.2) is 0 Å². The summed E-state index contributed by atoms with van der Waals surface area (Å²) in [6, 6.07) is 10.6. The van der Waals surface area contributed by atoms with Crippen LogP contribution in [0.15, 0.2) is 41.1 Å². The van der Waals surface area contributed by atoms with Crippen molar-refractivity contribution in [2.75, 3.05) is 33.8 Å². The molecule has 2 aromatic rings. The molecule has 5 nitrogen and oxygen atoms in total. The third-order valence-corrected chi connectivity index (χ3v) is 7.01. The first-order chi connectivity index (χ1) is 14.5. The third kappa shape index (κ3) is 4.30. The van der Waals surface area contributed by atoms with Gasteiger partial charge in [-0.1, -0.05) is 24.3 Å². The largest absolute Gasteiger partial charge is 0.368 e. The van der Waals surface area contributed by atoms with Gasteiger partial charge in [0.1, 0.15) is 6.10 Å². The van der Waals surface area contributed by atoms with Crippen LogP contribution in [0, 0.1) is 5.41 Å². The molecule has 0 radical (unpaired) electrons. The van der Waals surface area contributed by atoms with Crippen LogP contribution in [0.1, 0.15) is 31.2 Å². The molecule has 2 amide bonds. The minimum Gasteiger partial charge on any atom is -0.368 e. The molecule has 4 rings (SSSR count). The van der Waals surface area contributed by atoms with Gasteiger partial charge < -0.3 is 14.5 Å². The van der Waals surface area contributed by atoms with Gasteiger partial charge in [0.15, 0.2) is 0 Å². The predicted octanol–water partition coefficient (Wildman–Crippen LogP) is 3.83. The fraction of sp³-hybridized carbons (Fsp3) is 0.500. The standard InChI is InChI=1S/C24H30N2O3S/c1-25(2)23(28)24(11-12-26(17-24)22(27)21-5-3-4-13-29-21)15-18-6-8-19(9-7-18)20-10-14-30-16-20/h6-10,14,16,21H,3-5,11-13,15,17H2,1-2H3/t21-,24+/m0/s1. The zero-order valence-electron chi connectivity index (χ0n) is 17.8. The molecule has 6 heteroatoms. The van der Waals surface area contributed by atoms with E-state index in [9.17, 15) is 9.59 Å². The summed E-state index contributed by atoms with van der Waals surface area (Å²) in [6.45, 7) is 1.74. The highest BCUT2D eigenvalue weighted by molar-refractivity contribution is 7.08. The summed E-state index contributed by atoms with van der Waals surface area (Å²) in [6.07, 6.45) is 3.83. The number of nitrogens with zero attached hydrogens (tertiary/aromatic N) is 2. The van der Waals surface area contributed by atoms with E-state index in [0.29, 0.717) is 32.5 Å². The number of hydrogen-bond acceptors (Lipinski definition) is 4.